The maximum absolute atomic E-state index is 12.0. The Morgan fingerprint density at radius 2 is 1.62 bits per heavy atom. The Morgan fingerprint density at radius 1 is 1.05 bits per heavy atom. The Labute approximate surface area is 126 Å². The lowest BCUT2D eigenvalue weighted by atomic mass is 10.1. The molecule has 1 aromatic rings. The van der Waals surface area contributed by atoms with E-state index in [-0.39, 0.29) is 11.3 Å². The molecule has 118 valence electrons. The van der Waals surface area contributed by atoms with Gasteiger partial charge in [-0.2, -0.15) is 0 Å². The minimum atomic E-state index is -3.41. The third-order valence-corrected chi connectivity index (χ3v) is 4.67. The standard InChI is InChI=1S/C15H23NO4S/c1-13-8-10-14(11-9-13)21(19,20)16-12-6-4-2-3-5-7-15(17)18/h8-11,16H,2-7,12H2,1H3,(H,17,18). The largest absolute Gasteiger partial charge is 0.481 e. The molecular weight excluding hydrogens is 290 g/mol. The highest BCUT2D eigenvalue weighted by molar-refractivity contribution is 7.89. The van der Waals surface area contributed by atoms with Crippen molar-refractivity contribution in [1.82, 2.24) is 4.72 Å². The summed E-state index contributed by atoms with van der Waals surface area (Å²) < 4.78 is 26.5. The van der Waals surface area contributed by atoms with Gasteiger partial charge in [0.25, 0.3) is 0 Å². The van der Waals surface area contributed by atoms with Crippen molar-refractivity contribution in [3.8, 4) is 0 Å². The molecule has 0 heterocycles. The first-order chi connectivity index (χ1) is 9.92. The smallest absolute Gasteiger partial charge is 0.303 e. The number of hydrogen-bond donors (Lipinski definition) is 2. The van der Waals surface area contributed by atoms with Gasteiger partial charge in [-0.25, -0.2) is 13.1 Å². The SMILES string of the molecule is Cc1ccc(S(=O)(=O)NCCCCCCCC(=O)O)cc1. The fourth-order valence-electron chi connectivity index (χ4n) is 1.94. The molecule has 0 amide bonds. The summed E-state index contributed by atoms with van der Waals surface area (Å²) in [5.74, 6) is -0.763. The molecule has 0 aromatic heterocycles. The molecule has 0 saturated heterocycles. The van der Waals surface area contributed by atoms with E-state index in [1.807, 2.05) is 6.92 Å². The number of hydrogen-bond acceptors (Lipinski definition) is 3. The van der Waals surface area contributed by atoms with Crippen molar-refractivity contribution in [1.29, 1.82) is 0 Å². The van der Waals surface area contributed by atoms with Crippen molar-refractivity contribution < 1.29 is 18.3 Å². The van der Waals surface area contributed by atoms with Crippen LogP contribution in [0.2, 0.25) is 0 Å². The quantitative estimate of drug-likeness (QED) is 0.651. The molecule has 0 spiro atoms. The Balaban J connectivity index is 2.20. The molecule has 1 aromatic carbocycles. The van der Waals surface area contributed by atoms with Gasteiger partial charge < -0.3 is 5.11 Å². The zero-order chi connectivity index (χ0) is 15.7. The molecule has 2 N–H and O–H groups in total. The second-order valence-corrected chi connectivity index (χ2v) is 6.89. The fraction of sp³-hybridized carbons (Fsp3) is 0.533. The van der Waals surface area contributed by atoms with Crippen LogP contribution in [0.25, 0.3) is 0 Å². The van der Waals surface area contributed by atoms with Gasteiger partial charge in [0, 0.05) is 13.0 Å². The molecule has 0 saturated carbocycles. The van der Waals surface area contributed by atoms with Gasteiger partial charge in [0.1, 0.15) is 0 Å². The highest BCUT2D eigenvalue weighted by Gasteiger charge is 2.12. The molecule has 0 aliphatic carbocycles. The van der Waals surface area contributed by atoms with Gasteiger partial charge in [-0.1, -0.05) is 37.0 Å². The summed E-state index contributed by atoms with van der Waals surface area (Å²) in [6.45, 7) is 2.32. The maximum atomic E-state index is 12.0. The van der Waals surface area contributed by atoms with E-state index in [1.54, 1.807) is 24.3 Å². The number of carboxylic acids is 1. The van der Waals surface area contributed by atoms with E-state index < -0.39 is 16.0 Å². The molecule has 0 unspecified atom stereocenters. The summed E-state index contributed by atoms with van der Waals surface area (Å²) in [6, 6.07) is 6.75. The van der Waals surface area contributed by atoms with E-state index in [2.05, 4.69) is 4.72 Å². The highest BCUT2D eigenvalue weighted by Crippen LogP contribution is 2.10. The number of nitrogens with one attached hydrogen (secondary N) is 1. The van der Waals surface area contributed by atoms with Crippen molar-refractivity contribution in [2.24, 2.45) is 0 Å². The zero-order valence-electron chi connectivity index (χ0n) is 12.3. The number of carboxylic acid groups (broad SMARTS) is 1. The number of benzene rings is 1. The molecule has 0 radical (unpaired) electrons. The second kappa shape index (κ2) is 8.79. The van der Waals surface area contributed by atoms with Crippen LogP contribution in [-0.4, -0.2) is 26.0 Å². The highest BCUT2D eigenvalue weighted by atomic mass is 32.2. The number of carbonyl (C=O) groups is 1. The summed E-state index contributed by atoms with van der Waals surface area (Å²) in [5.41, 5.74) is 1.02. The van der Waals surface area contributed by atoms with Crippen LogP contribution in [0.15, 0.2) is 29.2 Å². The molecule has 0 fully saturated rings. The van der Waals surface area contributed by atoms with Gasteiger partial charge in [-0.05, 0) is 31.9 Å². The van der Waals surface area contributed by atoms with E-state index >= 15 is 0 Å². The van der Waals surface area contributed by atoms with Crippen molar-refractivity contribution in [2.45, 2.75) is 50.3 Å². The Morgan fingerprint density at radius 3 is 2.24 bits per heavy atom. The van der Waals surface area contributed by atoms with Crippen LogP contribution < -0.4 is 4.72 Å². The topological polar surface area (TPSA) is 83.5 Å². The summed E-state index contributed by atoms with van der Waals surface area (Å²) in [5, 5.41) is 8.49. The van der Waals surface area contributed by atoms with Crippen LogP contribution in [-0.2, 0) is 14.8 Å². The van der Waals surface area contributed by atoms with E-state index in [0.29, 0.717) is 13.0 Å². The Bertz CT molecular complexity index is 537. The maximum Gasteiger partial charge on any atom is 0.303 e. The van der Waals surface area contributed by atoms with Gasteiger partial charge >= 0.3 is 5.97 Å². The summed E-state index contributed by atoms with van der Waals surface area (Å²) in [6.07, 6.45) is 4.36. The molecule has 0 aliphatic rings. The van der Waals surface area contributed by atoms with Gasteiger partial charge in [0.15, 0.2) is 0 Å². The predicted molar refractivity (Wildman–Crippen MR) is 81.7 cm³/mol. The van der Waals surface area contributed by atoms with Crippen LogP contribution in [0.5, 0.6) is 0 Å². The van der Waals surface area contributed by atoms with Gasteiger partial charge in [-0.3, -0.25) is 4.79 Å². The lowest BCUT2D eigenvalue weighted by Crippen LogP contribution is -2.24. The van der Waals surface area contributed by atoms with E-state index in [0.717, 1.165) is 31.2 Å². The van der Waals surface area contributed by atoms with Crippen molar-refractivity contribution >= 4 is 16.0 Å². The summed E-state index contributed by atoms with van der Waals surface area (Å²) >= 11 is 0. The van der Waals surface area contributed by atoms with Gasteiger partial charge in [-0.15, -0.1) is 0 Å². The molecule has 6 heteroatoms. The molecule has 0 aliphatic heterocycles. The van der Waals surface area contributed by atoms with Crippen molar-refractivity contribution in [3.63, 3.8) is 0 Å². The first kappa shape index (κ1) is 17.7. The van der Waals surface area contributed by atoms with Crippen LogP contribution in [0, 0.1) is 6.92 Å². The minimum Gasteiger partial charge on any atom is -0.481 e. The number of sulfonamides is 1. The lowest BCUT2D eigenvalue weighted by molar-refractivity contribution is -0.137. The molecular formula is C15H23NO4S. The van der Waals surface area contributed by atoms with E-state index in [4.69, 9.17) is 5.11 Å². The molecule has 0 atom stereocenters. The van der Waals surface area contributed by atoms with E-state index in [9.17, 15) is 13.2 Å². The van der Waals surface area contributed by atoms with Crippen molar-refractivity contribution in [2.75, 3.05) is 6.54 Å². The first-order valence-corrected chi connectivity index (χ1v) is 8.68. The lowest BCUT2D eigenvalue weighted by Gasteiger charge is -2.07. The number of unbranched alkanes of at least 4 members (excludes halogenated alkanes) is 4. The predicted octanol–water partition coefficient (Wildman–Crippen LogP) is 2.70. The number of aryl methyl sites for hydroxylation is 1. The van der Waals surface area contributed by atoms with E-state index in [1.165, 1.54) is 0 Å². The van der Waals surface area contributed by atoms with Crippen LogP contribution in [0.1, 0.15) is 44.1 Å². The van der Waals surface area contributed by atoms with Crippen molar-refractivity contribution in [3.05, 3.63) is 29.8 Å². The Kier molecular flexibility index (Phi) is 7.39. The Hall–Kier alpha value is -1.40. The minimum absolute atomic E-state index is 0.208. The number of rotatable bonds is 10. The average molecular weight is 313 g/mol. The third kappa shape index (κ3) is 7.24. The second-order valence-electron chi connectivity index (χ2n) is 5.12. The molecule has 21 heavy (non-hydrogen) atoms. The number of aliphatic carboxylic acids is 1. The van der Waals surface area contributed by atoms with Crippen LogP contribution in [0.3, 0.4) is 0 Å². The summed E-state index contributed by atoms with van der Waals surface area (Å²) in [7, 11) is -3.41. The van der Waals surface area contributed by atoms with Gasteiger partial charge in [0.05, 0.1) is 4.90 Å². The normalized spacial score (nSPS) is 11.5. The van der Waals surface area contributed by atoms with Crippen LogP contribution in [0.4, 0.5) is 0 Å². The first-order valence-electron chi connectivity index (χ1n) is 7.20. The fourth-order valence-corrected chi connectivity index (χ4v) is 3.01. The zero-order valence-corrected chi connectivity index (χ0v) is 13.2. The molecule has 0 bridgehead atoms. The summed E-state index contributed by atoms with van der Waals surface area (Å²) in [4.78, 5) is 10.6. The third-order valence-electron chi connectivity index (χ3n) is 3.19. The monoisotopic (exact) mass is 313 g/mol. The van der Waals surface area contributed by atoms with Crippen LogP contribution >= 0.6 is 0 Å². The van der Waals surface area contributed by atoms with Gasteiger partial charge in [0.2, 0.25) is 10.0 Å². The molecule has 1 rings (SSSR count). The molecule has 5 nitrogen and oxygen atoms in total. The average Bonchev–Trinajstić information content (AvgIpc) is 2.42.